The number of rotatable bonds is 6. The average molecular weight is 293 g/mol. The fraction of sp³-hybridized carbons (Fsp3) is 0.812. The summed E-state index contributed by atoms with van der Waals surface area (Å²) in [6, 6.07) is 0.442. The number of ether oxygens (including phenoxy) is 1. The van der Waals surface area contributed by atoms with Crippen molar-refractivity contribution >= 4 is 5.97 Å². The molecule has 118 valence electrons. The van der Waals surface area contributed by atoms with Gasteiger partial charge in [0.2, 0.25) is 0 Å². The lowest BCUT2D eigenvalue weighted by Crippen LogP contribution is -2.24. The number of esters is 1. The summed E-state index contributed by atoms with van der Waals surface area (Å²) in [7, 11) is 0. The van der Waals surface area contributed by atoms with Gasteiger partial charge in [-0.3, -0.25) is 4.79 Å². The maximum atomic E-state index is 12.3. The molecule has 1 aromatic rings. The van der Waals surface area contributed by atoms with Gasteiger partial charge < -0.3 is 9.30 Å². The van der Waals surface area contributed by atoms with Crippen LogP contribution in [0.4, 0.5) is 0 Å². The standard InChI is InChI=1S/C16H27N3O2/c1-4-9-14(16(20)21-5-2)15-18-17-12(3)19(15)13-10-7-6-8-11-13/h13-14H,4-11H2,1-3H3. The Bertz CT molecular complexity index is 464. The molecule has 1 heterocycles. The smallest absolute Gasteiger partial charge is 0.316 e. The van der Waals surface area contributed by atoms with E-state index in [1.165, 1.54) is 19.3 Å². The van der Waals surface area contributed by atoms with Gasteiger partial charge in [0, 0.05) is 6.04 Å². The Kier molecular flexibility index (Phi) is 5.76. The Morgan fingerprint density at radius 2 is 2.00 bits per heavy atom. The molecule has 1 atom stereocenters. The van der Waals surface area contributed by atoms with Crippen molar-refractivity contribution in [2.24, 2.45) is 0 Å². The minimum atomic E-state index is -0.280. The fourth-order valence-electron chi connectivity index (χ4n) is 3.30. The van der Waals surface area contributed by atoms with Crippen LogP contribution in [-0.4, -0.2) is 27.3 Å². The second-order valence-corrected chi connectivity index (χ2v) is 5.86. The van der Waals surface area contributed by atoms with Gasteiger partial charge in [0.1, 0.15) is 17.6 Å². The molecule has 0 radical (unpaired) electrons. The molecule has 0 bridgehead atoms. The third-order valence-corrected chi connectivity index (χ3v) is 4.29. The molecule has 1 unspecified atom stereocenters. The van der Waals surface area contributed by atoms with Gasteiger partial charge in [0.25, 0.3) is 0 Å². The first-order valence-electron chi connectivity index (χ1n) is 8.27. The van der Waals surface area contributed by atoms with E-state index >= 15 is 0 Å². The van der Waals surface area contributed by atoms with Crippen LogP contribution in [0.5, 0.6) is 0 Å². The van der Waals surface area contributed by atoms with Crippen molar-refractivity contribution in [3.8, 4) is 0 Å². The van der Waals surface area contributed by atoms with Crippen LogP contribution in [0.25, 0.3) is 0 Å². The highest BCUT2D eigenvalue weighted by Gasteiger charge is 2.30. The number of carbonyl (C=O) groups excluding carboxylic acids is 1. The largest absolute Gasteiger partial charge is 0.465 e. The second-order valence-electron chi connectivity index (χ2n) is 5.86. The van der Waals surface area contributed by atoms with Gasteiger partial charge in [-0.1, -0.05) is 32.6 Å². The molecule has 1 saturated carbocycles. The molecule has 5 nitrogen and oxygen atoms in total. The summed E-state index contributed by atoms with van der Waals surface area (Å²) in [6.07, 6.45) is 7.83. The van der Waals surface area contributed by atoms with Gasteiger partial charge in [0.15, 0.2) is 0 Å². The molecule has 0 saturated heterocycles. The van der Waals surface area contributed by atoms with Crippen molar-refractivity contribution in [1.29, 1.82) is 0 Å². The molecule has 1 aliphatic rings. The normalized spacial score (nSPS) is 17.7. The van der Waals surface area contributed by atoms with Gasteiger partial charge in [-0.25, -0.2) is 0 Å². The van der Waals surface area contributed by atoms with E-state index in [1.54, 1.807) is 0 Å². The van der Waals surface area contributed by atoms with Crippen molar-refractivity contribution < 1.29 is 9.53 Å². The lowest BCUT2D eigenvalue weighted by Gasteiger charge is -2.27. The van der Waals surface area contributed by atoms with Gasteiger partial charge in [-0.15, -0.1) is 10.2 Å². The first-order chi connectivity index (χ1) is 10.2. The molecule has 1 aromatic heterocycles. The Morgan fingerprint density at radius 1 is 1.29 bits per heavy atom. The summed E-state index contributed by atoms with van der Waals surface area (Å²) in [5.74, 6) is 1.28. The van der Waals surface area contributed by atoms with E-state index in [9.17, 15) is 4.79 Å². The summed E-state index contributed by atoms with van der Waals surface area (Å²) >= 11 is 0. The highest BCUT2D eigenvalue weighted by Crippen LogP contribution is 2.33. The molecule has 0 amide bonds. The predicted molar refractivity (Wildman–Crippen MR) is 81.2 cm³/mol. The van der Waals surface area contributed by atoms with Gasteiger partial charge >= 0.3 is 5.97 Å². The average Bonchev–Trinajstić information content (AvgIpc) is 2.87. The van der Waals surface area contributed by atoms with Crippen LogP contribution in [0.3, 0.4) is 0 Å². The predicted octanol–water partition coefficient (Wildman–Crippen LogP) is 3.54. The van der Waals surface area contributed by atoms with E-state index in [0.717, 1.165) is 37.3 Å². The molecule has 0 spiro atoms. The number of aromatic nitrogens is 3. The Balaban J connectivity index is 2.29. The first-order valence-corrected chi connectivity index (χ1v) is 8.27. The third kappa shape index (κ3) is 3.63. The van der Waals surface area contributed by atoms with Crippen molar-refractivity contribution in [2.45, 2.75) is 77.7 Å². The molecule has 1 aliphatic carbocycles. The summed E-state index contributed by atoms with van der Waals surface area (Å²) in [6.45, 7) is 6.33. The molecule has 1 fully saturated rings. The lowest BCUT2D eigenvalue weighted by molar-refractivity contribution is -0.145. The van der Waals surface area contributed by atoms with E-state index in [4.69, 9.17) is 4.74 Å². The van der Waals surface area contributed by atoms with Crippen LogP contribution in [0.2, 0.25) is 0 Å². The van der Waals surface area contributed by atoms with Crippen molar-refractivity contribution in [3.05, 3.63) is 11.6 Å². The second kappa shape index (κ2) is 7.57. The summed E-state index contributed by atoms with van der Waals surface area (Å²) in [5.41, 5.74) is 0. The van der Waals surface area contributed by atoms with E-state index in [1.807, 2.05) is 13.8 Å². The molecular formula is C16H27N3O2. The van der Waals surface area contributed by atoms with Crippen LogP contribution >= 0.6 is 0 Å². The molecule has 2 rings (SSSR count). The van der Waals surface area contributed by atoms with Crippen molar-refractivity contribution in [1.82, 2.24) is 14.8 Å². The first kappa shape index (κ1) is 16.0. The zero-order chi connectivity index (χ0) is 15.2. The maximum absolute atomic E-state index is 12.3. The minimum absolute atomic E-state index is 0.163. The Morgan fingerprint density at radius 3 is 2.62 bits per heavy atom. The number of carbonyl (C=O) groups is 1. The van der Waals surface area contributed by atoms with E-state index < -0.39 is 0 Å². The SMILES string of the molecule is CCCC(C(=O)OCC)c1nnc(C)n1C1CCCCC1. The van der Waals surface area contributed by atoms with Crippen molar-refractivity contribution in [2.75, 3.05) is 6.61 Å². The zero-order valence-corrected chi connectivity index (χ0v) is 13.5. The zero-order valence-electron chi connectivity index (χ0n) is 13.5. The summed E-state index contributed by atoms with van der Waals surface area (Å²) in [5, 5.41) is 8.57. The van der Waals surface area contributed by atoms with E-state index in [-0.39, 0.29) is 11.9 Å². The lowest BCUT2D eigenvalue weighted by atomic mass is 9.94. The Labute approximate surface area is 127 Å². The molecule has 5 heteroatoms. The number of hydrogen-bond acceptors (Lipinski definition) is 4. The molecule has 0 aromatic carbocycles. The Hall–Kier alpha value is -1.39. The van der Waals surface area contributed by atoms with Crippen LogP contribution < -0.4 is 0 Å². The monoisotopic (exact) mass is 293 g/mol. The number of hydrogen-bond donors (Lipinski definition) is 0. The number of aryl methyl sites for hydroxylation is 1. The molecule has 21 heavy (non-hydrogen) atoms. The van der Waals surface area contributed by atoms with Crippen LogP contribution in [-0.2, 0) is 9.53 Å². The van der Waals surface area contributed by atoms with Crippen LogP contribution in [0.15, 0.2) is 0 Å². The quantitative estimate of drug-likeness (QED) is 0.753. The fourth-order valence-corrected chi connectivity index (χ4v) is 3.30. The van der Waals surface area contributed by atoms with Crippen LogP contribution in [0, 0.1) is 6.92 Å². The number of nitrogens with zero attached hydrogens (tertiary/aromatic N) is 3. The minimum Gasteiger partial charge on any atom is -0.465 e. The van der Waals surface area contributed by atoms with E-state index in [0.29, 0.717) is 12.6 Å². The van der Waals surface area contributed by atoms with Crippen molar-refractivity contribution in [3.63, 3.8) is 0 Å². The van der Waals surface area contributed by atoms with Gasteiger partial charge in [0.05, 0.1) is 6.61 Å². The van der Waals surface area contributed by atoms with Gasteiger partial charge in [-0.05, 0) is 33.1 Å². The highest BCUT2D eigenvalue weighted by atomic mass is 16.5. The molecule has 0 N–H and O–H groups in total. The molecular weight excluding hydrogens is 266 g/mol. The van der Waals surface area contributed by atoms with E-state index in [2.05, 4.69) is 21.7 Å². The highest BCUT2D eigenvalue weighted by molar-refractivity contribution is 5.77. The van der Waals surface area contributed by atoms with Gasteiger partial charge in [-0.2, -0.15) is 0 Å². The summed E-state index contributed by atoms with van der Waals surface area (Å²) in [4.78, 5) is 12.3. The van der Waals surface area contributed by atoms with Crippen LogP contribution in [0.1, 0.15) is 82.4 Å². The topological polar surface area (TPSA) is 57.0 Å². The summed E-state index contributed by atoms with van der Waals surface area (Å²) < 4.78 is 7.45. The third-order valence-electron chi connectivity index (χ3n) is 4.29. The maximum Gasteiger partial charge on any atom is 0.316 e. The molecule has 0 aliphatic heterocycles.